The predicted molar refractivity (Wildman–Crippen MR) is 128 cm³/mol. The first-order valence-corrected chi connectivity index (χ1v) is 11.6. The highest BCUT2D eigenvalue weighted by molar-refractivity contribution is 5.93. The van der Waals surface area contributed by atoms with E-state index in [0.717, 1.165) is 11.1 Å². The molecular weight excluding hydrogens is 432 g/mol. The Balaban J connectivity index is 1.28. The Morgan fingerprint density at radius 3 is 2.29 bits per heavy atom. The molecule has 0 bridgehead atoms. The Morgan fingerprint density at radius 1 is 1.06 bits per heavy atom. The van der Waals surface area contributed by atoms with Crippen molar-refractivity contribution in [3.63, 3.8) is 0 Å². The Bertz CT molecular complexity index is 1080. The largest absolute Gasteiger partial charge is 0.481 e. The molecule has 0 aromatic heterocycles. The van der Waals surface area contributed by atoms with E-state index in [-0.39, 0.29) is 43.2 Å². The number of aliphatic carboxylic acids is 1. The van der Waals surface area contributed by atoms with Crippen molar-refractivity contribution < 1.29 is 24.2 Å². The van der Waals surface area contributed by atoms with Gasteiger partial charge in [0.15, 0.2) is 0 Å². The molecule has 1 heterocycles. The molecule has 2 atom stereocenters. The average Bonchev–Trinajstić information content (AvgIpc) is 3.34. The first-order valence-electron chi connectivity index (χ1n) is 11.6. The number of carbonyl (C=O) groups excluding carboxylic acids is 2. The lowest BCUT2D eigenvalue weighted by Gasteiger charge is -2.17. The second-order valence-corrected chi connectivity index (χ2v) is 9.14. The van der Waals surface area contributed by atoms with Gasteiger partial charge in [0.25, 0.3) is 0 Å². The molecule has 4 rings (SSSR count). The standard InChI is InChI=1S/C27H30N2O5/c1-17(26(32)29-14-18(2)19(15-29)13-25(30)31)11-12-28-27(33)34-16-24-22-9-5-3-7-20(22)21-8-4-6-10-23(21)24/h3-11,18-19,24H,12-16H2,1-2H3,(H,28,33)(H,30,31)/b17-11+. The molecule has 1 aliphatic carbocycles. The van der Waals surface area contributed by atoms with Gasteiger partial charge in [-0.15, -0.1) is 0 Å². The number of fused-ring (bicyclic) bond motifs is 3. The smallest absolute Gasteiger partial charge is 0.407 e. The fourth-order valence-electron chi connectivity index (χ4n) is 4.96. The zero-order valence-electron chi connectivity index (χ0n) is 19.5. The summed E-state index contributed by atoms with van der Waals surface area (Å²) in [5.41, 5.74) is 5.16. The van der Waals surface area contributed by atoms with Crippen LogP contribution in [-0.2, 0) is 14.3 Å². The van der Waals surface area contributed by atoms with Gasteiger partial charge in [0.05, 0.1) is 6.42 Å². The van der Waals surface area contributed by atoms with Crippen molar-refractivity contribution in [1.82, 2.24) is 10.2 Å². The van der Waals surface area contributed by atoms with Crippen molar-refractivity contribution in [3.05, 3.63) is 71.3 Å². The summed E-state index contributed by atoms with van der Waals surface area (Å²) in [5, 5.41) is 11.7. The summed E-state index contributed by atoms with van der Waals surface area (Å²) in [6.07, 6.45) is 1.20. The molecule has 1 fully saturated rings. The van der Waals surface area contributed by atoms with Gasteiger partial charge in [-0.2, -0.15) is 0 Å². The van der Waals surface area contributed by atoms with Crippen LogP contribution in [0.4, 0.5) is 4.79 Å². The van der Waals surface area contributed by atoms with Gasteiger partial charge in [-0.3, -0.25) is 9.59 Å². The number of hydrogen-bond donors (Lipinski definition) is 2. The molecule has 0 radical (unpaired) electrons. The van der Waals surface area contributed by atoms with Crippen molar-refractivity contribution in [2.24, 2.45) is 11.8 Å². The van der Waals surface area contributed by atoms with Crippen LogP contribution in [0.1, 0.15) is 37.3 Å². The maximum Gasteiger partial charge on any atom is 0.407 e. The molecule has 2 unspecified atom stereocenters. The molecule has 1 aliphatic heterocycles. The van der Waals surface area contributed by atoms with E-state index in [2.05, 4.69) is 29.6 Å². The van der Waals surface area contributed by atoms with Crippen LogP contribution < -0.4 is 5.32 Å². The van der Waals surface area contributed by atoms with Gasteiger partial charge >= 0.3 is 12.1 Å². The predicted octanol–water partition coefficient (Wildman–Crippen LogP) is 4.04. The Hall–Kier alpha value is -3.61. The minimum atomic E-state index is -0.842. The number of hydrogen-bond acceptors (Lipinski definition) is 4. The molecule has 1 saturated heterocycles. The van der Waals surface area contributed by atoms with Crippen LogP contribution in [0.2, 0.25) is 0 Å². The summed E-state index contributed by atoms with van der Waals surface area (Å²) in [4.78, 5) is 37.7. The number of benzene rings is 2. The number of amides is 2. The number of carbonyl (C=O) groups is 3. The average molecular weight is 463 g/mol. The van der Waals surface area contributed by atoms with E-state index in [1.54, 1.807) is 17.9 Å². The highest BCUT2D eigenvalue weighted by Crippen LogP contribution is 2.44. The van der Waals surface area contributed by atoms with Gasteiger partial charge in [-0.05, 0) is 41.0 Å². The van der Waals surface area contributed by atoms with Crippen LogP contribution in [0.3, 0.4) is 0 Å². The summed E-state index contributed by atoms with van der Waals surface area (Å²) in [6, 6.07) is 16.3. The van der Waals surface area contributed by atoms with Crippen molar-refractivity contribution in [2.75, 3.05) is 26.2 Å². The minimum absolute atomic E-state index is 0.00656. The molecule has 0 saturated carbocycles. The third kappa shape index (κ3) is 4.98. The molecule has 2 aromatic rings. The number of rotatable bonds is 7. The number of ether oxygens (including phenoxy) is 1. The number of nitrogens with one attached hydrogen (secondary N) is 1. The van der Waals surface area contributed by atoms with Gasteiger partial charge in [-0.1, -0.05) is 61.5 Å². The van der Waals surface area contributed by atoms with Crippen LogP contribution >= 0.6 is 0 Å². The molecule has 0 spiro atoms. The number of carboxylic acids is 1. The van der Waals surface area contributed by atoms with E-state index < -0.39 is 12.1 Å². The zero-order valence-corrected chi connectivity index (χ0v) is 19.5. The van der Waals surface area contributed by atoms with Gasteiger partial charge in [0.2, 0.25) is 5.91 Å². The van der Waals surface area contributed by atoms with Crippen LogP contribution in [-0.4, -0.2) is 54.2 Å². The Morgan fingerprint density at radius 2 is 1.68 bits per heavy atom. The normalized spacial score (nSPS) is 19.5. The van der Waals surface area contributed by atoms with Crippen LogP contribution in [0.15, 0.2) is 60.2 Å². The SMILES string of the molecule is C/C(=C\CNC(=O)OCC1c2ccccc2-c2ccccc21)C(=O)N1CC(C)C(CC(=O)O)C1. The van der Waals surface area contributed by atoms with Gasteiger partial charge in [0, 0.05) is 31.1 Å². The first kappa shape index (κ1) is 23.5. The van der Waals surface area contributed by atoms with Crippen molar-refractivity contribution in [2.45, 2.75) is 26.2 Å². The van der Waals surface area contributed by atoms with E-state index >= 15 is 0 Å². The topological polar surface area (TPSA) is 95.9 Å². The number of likely N-dealkylation sites (tertiary alicyclic amines) is 1. The number of nitrogens with zero attached hydrogens (tertiary/aromatic N) is 1. The first-order chi connectivity index (χ1) is 16.3. The second-order valence-electron chi connectivity index (χ2n) is 9.14. The highest BCUT2D eigenvalue weighted by Gasteiger charge is 2.34. The molecule has 7 nitrogen and oxygen atoms in total. The summed E-state index contributed by atoms with van der Waals surface area (Å²) in [5.74, 6) is -0.868. The maximum absolute atomic E-state index is 12.7. The lowest BCUT2D eigenvalue weighted by atomic mass is 9.95. The fourth-order valence-corrected chi connectivity index (χ4v) is 4.96. The molecule has 34 heavy (non-hydrogen) atoms. The second kappa shape index (κ2) is 10.1. The summed E-state index contributed by atoms with van der Waals surface area (Å²) >= 11 is 0. The lowest BCUT2D eigenvalue weighted by Crippen LogP contribution is -2.31. The van der Waals surface area contributed by atoms with E-state index in [1.165, 1.54) is 11.1 Å². The summed E-state index contributed by atoms with van der Waals surface area (Å²) in [7, 11) is 0. The van der Waals surface area contributed by atoms with Crippen molar-refractivity contribution >= 4 is 18.0 Å². The minimum Gasteiger partial charge on any atom is -0.481 e. The molecule has 7 heteroatoms. The third-order valence-corrected chi connectivity index (χ3v) is 6.83. The number of alkyl carbamates (subject to hydrolysis) is 1. The lowest BCUT2D eigenvalue weighted by molar-refractivity contribution is -0.138. The van der Waals surface area contributed by atoms with Crippen molar-refractivity contribution in [1.29, 1.82) is 0 Å². The third-order valence-electron chi connectivity index (χ3n) is 6.83. The molecule has 2 aromatic carbocycles. The molecule has 2 amide bonds. The van der Waals surface area contributed by atoms with E-state index in [1.807, 2.05) is 31.2 Å². The van der Waals surface area contributed by atoms with Crippen LogP contribution in [0.5, 0.6) is 0 Å². The Labute approximate surface area is 199 Å². The van der Waals surface area contributed by atoms with E-state index in [4.69, 9.17) is 9.84 Å². The molecule has 178 valence electrons. The molecule has 2 aliphatic rings. The van der Waals surface area contributed by atoms with Gasteiger partial charge in [0.1, 0.15) is 6.61 Å². The fraction of sp³-hybridized carbons (Fsp3) is 0.370. The van der Waals surface area contributed by atoms with E-state index in [0.29, 0.717) is 18.7 Å². The quantitative estimate of drug-likeness (QED) is 0.606. The highest BCUT2D eigenvalue weighted by atomic mass is 16.5. The maximum atomic E-state index is 12.7. The van der Waals surface area contributed by atoms with Crippen LogP contribution in [0, 0.1) is 11.8 Å². The van der Waals surface area contributed by atoms with Crippen LogP contribution in [0.25, 0.3) is 11.1 Å². The molecule has 2 N–H and O–H groups in total. The monoisotopic (exact) mass is 462 g/mol. The number of carboxylic acid groups (broad SMARTS) is 1. The van der Waals surface area contributed by atoms with Gasteiger partial charge < -0.3 is 20.1 Å². The van der Waals surface area contributed by atoms with E-state index in [9.17, 15) is 14.4 Å². The summed E-state index contributed by atoms with van der Waals surface area (Å²) < 4.78 is 5.52. The zero-order chi connectivity index (χ0) is 24.2. The van der Waals surface area contributed by atoms with Gasteiger partial charge in [-0.25, -0.2) is 4.79 Å². The summed E-state index contributed by atoms with van der Waals surface area (Å²) in [6.45, 7) is 5.07. The van der Waals surface area contributed by atoms with Crippen molar-refractivity contribution in [3.8, 4) is 11.1 Å². The molecular formula is C27H30N2O5. The Kier molecular flexibility index (Phi) is 7.01.